The Morgan fingerprint density at radius 3 is 2.64 bits per heavy atom. The molecule has 39 heavy (non-hydrogen) atoms. The van der Waals surface area contributed by atoms with Crippen LogP contribution in [0.25, 0.3) is 39.0 Å². The van der Waals surface area contributed by atoms with E-state index < -0.39 is 5.25 Å². The Hall–Kier alpha value is -4.77. The molecule has 4 N–H and O–H groups in total. The summed E-state index contributed by atoms with van der Waals surface area (Å²) in [6.45, 7) is 4.34. The minimum absolute atomic E-state index is 0.202. The van der Waals surface area contributed by atoms with Gasteiger partial charge in [0.05, 0.1) is 22.9 Å². The Morgan fingerprint density at radius 2 is 1.82 bits per heavy atom. The van der Waals surface area contributed by atoms with Gasteiger partial charge in [-0.25, -0.2) is 4.79 Å². The third kappa shape index (κ3) is 4.79. The van der Waals surface area contributed by atoms with Gasteiger partial charge in [0.1, 0.15) is 5.75 Å². The maximum absolute atomic E-state index is 13.1. The number of rotatable bonds is 8. The highest BCUT2D eigenvalue weighted by Crippen LogP contribution is 2.34. The van der Waals surface area contributed by atoms with Crippen molar-refractivity contribution in [1.82, 2.24) is 29.7 Å². The van der Waals surface area contributed by atoms with Crippen LogP contribution in [-0.4, -0.2) is 47.5 Å². The van der Waals surface area contributed by atoms with Crippen LogP contribution in [0.4, 0.5) is 5.69 Å². The van der Waals surface area contributed by atoms with Crippen molar-refractivity contribution in [3.05, 3.63) is 83.4 Å². The van der Waals surface area contributed by atoms with Gasteiger partial charge in [-0.1, -0.05) is 30.0 Å². The first-order chi connectivity index (χ1) is 19.0. The molecule has 1 amide bonds. The number of H-pyrrole nitrogens is 3. The fourth-order valence-corrected chi connectivity index (χ4v) is 5.30. The van der Waals surface area contributed by atoms with Crippen LogP contribution >= 0.6 is 11.8 Å². The van der Waals surface area contributed by atoms with Crippen LogP contribution in [0.15, 0.2) is 82.9 Å². The summed E-state index contributed by atoms with van der Waals surface area (Å²) in [5, 5.41) is 13.1. The highest BCUT2D eigenvalue weighted by Gasteiger charge is 2.23. The van der Waals surface area contributed by atoms with E-state index in [1.165, 1.54) is 11.8 Å². The molecule has 0 fully saturated rings. The average Bonchev–Trinajstić information content (AvgIpc) is 3.65. The van der Waals surface area contributed by atoms with Gasteiger partial charge in [-0.05, 0) is 62.4 Å². The SMILES string of the molecule is CCOc1ccc(-n2c(SC(C)C(=O)Nc3ccc4[nH]c(=O)[nH]c4c3)nnc2-c2c[nH]c3ccccc23)cc1. The minimum atomic E-state index is -0.493. The normalized spacial score (nSPS) is 12.2. The zero-order valence-corrected chi connectivity index (χ0v) is 22.0. The lowest BCUT2D eigenvalue weighted by Gasteiger charge is -2.14. The van der Waals surface area contributed by atoms with E-state index in [1.54, 1.807) is 18.2 Å². The van der Waals surface area contributed by atoms with E-state index in [0.717, 1.165) is 27.9 Å². The zero-order valence-electron chi connectivity index (χ0n) is 21.2. The number of nitrogens with one attached hydrogen (secondary N) is 4. The number of para-hydroxylation sites is 1. The Bertz CT molecular complexity index is 1850. The van der Waals surface area contributed by atoms with Crippen LogP contribution in [0.3, 0.4) is 0 Å². The summed E-state index contributed by atoms with van der Waals surface area (Å²) < 4.78 is 7.58. The molecule has 10 nitrogen and oxygen atoms in total. The third-order valence-corrected chi connectivity index (χ3v) is 7.35. The van der Waals surface area contributed by atoms with Crippen LogP contribution in [0.1, 0.15) is 13.8 Å². The summed E-state index contributed by atoms with van der Waals surface area (Å²) in [5.41, 5.74) is 4.34. The number of anilines is 1. The molecule has 0 aliphatic carbocycles. The average molecular weight is 540 g/mol. The number of amides is 1. The van der Waals surface area contributed by atoms with Crippen molar-refractivity contribution in [2.24, 2.45) is 0 Å². The number of carbonyl (C=O) groups excluding carboxylic acids is 1. The van der Waals surface area contributed by atoms with E-state index >= 15 is 0 Å². The molecule has 0 saturated carbocycles. The molecule has 0 spiro atoms. The topological polar surface area (TPSA) is 133 Å². The van der Waals surface area contributed by atoms with Crippen molar-refractivity contribution in [1.29, 1.82) is 0 Å². The largest absolute Gasteiger partial charge is 0.494 e. The number of ether oxygens (including phenoxy) is 1. The molecule has 6 aromatic rings. The maximum Gasteiger partial charge on any atom is 0.323 e. The van der Waals surface area contributed by atoms with Crippen molar-refractivity contribution in [2.45, 2.75) is 24.3 Å². The van der Waals surface area contributed by atoms with Gasteiger partial charge >= 0.3 is 5.69 Å². The molecule has 3 heterocycles. The van der Waals surface area contributed by atoms with Crippen LogP contribution in [0.5, 0.6) is 5.75 Å². The molecule has 1 unspecified atom stereocenters. The summed E-state index contributed by atoms with van der Waals surface area (Å²) >= 11 is 1.31. The highest BCUT2D eigenvalue weighted by atomic mass is 32.2. The predicted octanol–water partition coefficient (Wildman–Crippen LogP) is 5.10. The molecule has 1 atom stereocenters. The van der Waals surface area contributed by atoms with E-state index in [4.69, 9.17) is 4.74 Å². The first kappa shape index (κ1) is 24.6. The van der Waals surface area contributed by atoms with Crippen LogP contribution in [0, 0.1) is 0 Å². The van der Waals surface area contributed by atoms with Gasteiger partial charge in [-0.15, -0.1) is 10.2 Å². The van der Waals surface area contributed by atoms with Crippen molar-refractivity contribution in [3.63, 3.8) is 0 Å². The standard InChI is InChI=1S/C28H25N7O3S/c1-3-38-19-11-9-18(10-12-19)35-25(21-15-29-22-7-5-4-6-20(21)22)33-34-28(35)39-16(2)26(36)30-17-8-13-23-24(14-17)32-27(37)31-23/h4-16,29H,3H2,1-2H3,(H,30,36)(H2,31,32,37). The fourth-order valence-electron chi connectivity index (χ4n) is 4.43. The van der Waals surface area contributed by atoms with E-state index in [9.17, 15) is 9.59 Å². The molecule has 6 rings (SSSR count). The molecule has 0 saturated heterocycles. The number of nitrogens with zero attached hydrogens (tertiary/aromatic N) is 3. The summed E-state index contributed by atoms with van der Waals surface area (Å²) in [4.78, 5) is 33.4. The van der Waals surface area contributed by atoms with Gasteiger partial charge in [0.2, 0.25) is 5.91 Å². The molecule has 0 aliphatic rings. The van der Waals surface area contributed by atoms with Crippen molar-refractivity contribution < 1.29 is 9.53 Å². The van der Waals surface area contributed by atoms with Crippen molar-refractivity contribution in [2.75, 3.05) is 11.9 Å². The third-order valence-electron chi connectivity index (χ3n) is 6.30. The number of carbonyl (C=O) groups is 1. The monoisotopic (exact) mass is 539 g/mol. The number of hydrogen-bond acceptors (Lipinski definition) is 6. The summed E-state index contributed by atoms with van der Waals surface area (Å²) in [5.74, 6) is 1.23. The molecular weight excluding hydrogens is 514 g/mol. The van der Waals surface area contributed by atoms with Gasteiger partial charge in [0.15, 0.2) is 11.0 Å². The van der Waals surface area contributed by atoms with Crippen LogP contribution in [0.2, 0.25) is 0 Å². The highest BCUT2D eigenvalue weighted by molar-refractivity contribution is 8.00. The Labute approximate surface area is 226 Å². The Morgan fingerprint density at radius 1 is 1.03 bits per heavy atom. The molecule has 11 heteroatoms. The van der Waals surface area contributed by atoms with Gasteiger partial charge in [-0.2, -0.15) is 0 Å². The summed E-state index contributed by atoms with van der Waals surface area (Å²) in [6.07, 6.45) is 1.92. The Balaban J connectivity index is 1.32. The summed E-state index contributed by atoms with van der Waals surface area (Å²) in [7, 11) is 0. The van der Waals surface area contributed by atoms with E-state index in [0.29, 0.717) is 34.3 Å². The van der Waals surface area contributed by atoms with E-state index in [2.05, 4.69) is 30.5 Å². The number of benzene rings is 3. The van der Waals surface area contributed by atoms with E-state index in [1.807, 2.05) is 73.1 Å². The number of thioether (sulfide) groups is 1. The predicted molar refractivity (Wildman–Crippen MR) is 153 cm³/mol. The molecular formula is C28H25N7O3S. The molecule has 0 bridgehead atoms. The smallest absolute Gasteiger partial charge is 0.323 e. The molecule has 0 aliphatic heterocycles. The lowest BCUT2D eigenvalue weighted by atomic mass is 10.1. The lowest BCUT2D eigenvalue weighted by Crippen LogP contribution is -2.22. The molecule has 0 radical (unpaired) electrons. The second kappa shape index (κ2) is 10.2. The summed E-state index contributed by atoms with van der Waals surface area (Å²) in [6, 6.07) is 21.0. The first-order valence-electron chi connectivity index (χ1n) is 12.4. The minimum Gasteiger partial charge on any atom is -0.494 e. The van der Waals surface area contributed by atoms with Gasteiger partial charge in [-0.3, -0.25) is 9.36 Å². The quantitative estimate of drug-likeness (QED) is 0.199. The van der Waals surface area contributed by atoms with Crippen molar-refractivity contribution >= 4 is 45.3 Å². The molecule has 196 valence electrons. The molecule has 3 aromatic heterocycles. The maximum atomic E-state index is 13.1. The number of fused-ring (bicyclic) bond motifs is 2. The first-order valence-corrected chi connectivity index (χ1v) is 13.3. The zero-order chi connectivity index (χ0) is 26.9. The van der Waals surface area contributed by atoms with Gasteiger partial charge in [0.25, 0.3) is 0 Å². The number of imidazole rings is 1. The molecule has 3 aromatic carbocycles. The van der Waals surface area contributed by atoms with Crippen LogP contribution < -0.4 is 15.7 Å². The van der Waals surface area contributed by atoms with Gasteiger partial charge in [0, 0.05) is 34.0 Å². The Kier molecular flexibility index (Phi) is 6.41. The second-order valence-electron chi connectivity index (χ2n) is 8.91. The number of hydrogen-bond donors (Lipinski definition) is 4. The fraction of sp³-hybridized carbons (Fsp3) is 0.143. The number of aromatic amines is 3. The van der Waals surface area contributed by atoms with Crippen LogP contribution in [-0.2, 0) is 4.79 Å². The van der Waals surface area contributed by atoms with E-state index in [-0.39, 0.29) is 11.6 Å². The lowest BCUT2D eigenvalue weighted by molar-refractivity contribution is -0.115. The van der Waals surface area contributed by atoms with Gasteiger partial charge < -0.3 is 25.0 Å². The number of aromatic nitrogens is 6. The second-order valence-corrected chi connectivity index (χ2v) is 10.2. The van der Waals surface area contributed by atoms with Crippen molar-refractivity contribution in [3.8, 4) is 22.8 Å².